The van der Waals surface area contributed by atoms with Crippen LogP contribution in [0.4, 0.5) is 0 Å². The van der Waals surface area contributed by atoms with E-state index in [2.05, 4.69) is 206 Å². The topological polar surface area (TPSA) is 41.9 Å². The quantitative estimate of drug-likeness (QED) is 0.162. The van der Waals surface area contributed by atoms with E-state index in [1.807, 2.05) is 0 Å². The Bertz CT molecular complexity index is 2810. The molecule has 0 amide bonds. The number of hydrazine groups is 1. The minimum Gasteiger partial charge on any atom is -0.310 e. The molecule has 3 aliphatic rings. The number of aromatic nitrogens is 1. The van der Waals surface area contributed by atoms with Crippen LogP contribution in [0.5, 0.6) is 0 Å². The van der Waals surface area contributed by atoms with E-state index in [0.29, 0.717) is 0 Å². The maximum absolute atomic E-state index is 4.13. The summed E-state index contributed by atoms with van der Waals surface area (Å²) in [6, 6.07) is 58.4. The molecule has 1 aromatic heterocycles. The Hall–Kier alpha value is -5.78. The second kappa shape index (κ2) is 11.9. The average Bonchev–Trinajstić information content (AvgIpc) is 3.84. The summed E-state index contributed by atoms with van der Waals surface area (Å²) in [6.07, 6.45) is -0.111. The number of hydrogen-bond acceptors (Lipinski definition) is 3. The van der Waals surface area contributed by atoms with Crippen molar-refractivity contribution in [2.75, 3.05) is 0 Å². The number of nitrogens with one attached hydrogen (secondary N) is 2. The highest BCUT2D eigenvalue weighted by Crippen LogP contribution is 2.54. The Morgan fingerprint density at radius 3 is 1.96 bits per heavy atom. The summed E-state index contributed by atoms with van der Waals surface area (Å²) in [4.78, 5) is 0. The summed E-state index contributed by atoms with van der Waals surface area (Å²) in [5, 5.41) is 9.11. The van der Waals surface area contributed by atoms with E-state index in [0.717, 1.165) is 6.54 Å². The van der Waals surface area contributed by atoms with Crippen LogP contribution < -0.4 is 10.7 Å². The standard InChI is InChI=1S/C51H44N4/c1-50(2)42-19-11-8-16-36(42)38-27-22-32(30-44(38)50)31-52-49(55-48(53-55)35-25-23-34(24-26-35)33-14-6-5-7-15-33)54-45-21-13-10-18-39(45)41-29-28-40-37-17-9-12-20-43(37)51(3,4)46(40)47(41)54/h5-30,48-49,52-53H,31H2,1-4H3. The first-order valence-corrected chi connectivity index (χ1v) is 19.6. The summed E-state index contributed by atoms with van der Waals surface area (Å²) in [7, 11) is 0. The zero-order chi connectivity index (χ0) is 37.1. The third-order valence-corrected chi connectivity index (χ3v) is 12.8. The van der Waals surface area contributed by atoms with Gasteiger partial charge in [-0.05, 0) is 72.8 Å². The Morgan fingerprint density at radius 2 is 1.18 bits per heavy atom. The average molecular weight is 713 g/mol. The van der Waals surface area contributed by atoms with Gasteiger partial charge in [-0.1, -0.05) is 179 Å². The van der Waals surface area contributed by atoms with Crippen LogP contribution in [0.2, 0.25) is 0 Å². The third kappa shape index (κ3) is 4.82. The van der Waals surface area contributed by atoms with Crippen LogP contribution in [-0.2, 0) is 17.4 Å². The van der Waals surface area contributed by atoms with Gasteiger partial charge in [-0.25, -0.2) is 5.43 Å². The van der Waals surface area contributed by atoms with Crippen molar-refractivity contribution in [3.05, 3.63) is 191 Å². The highest BCUT2D eigenvalue weighted by Gasteiger charge is 2.45. The molecule has 0 bridgehead atoms. The molecule has 0 spiro atoms. The van der Waals surface area contributed by atoms with E-state index in [1.54, 1.807) is 0 Å². The van der Waals surface area contributed by atoms with Crippen molar-refractivity contribution in [2.24, 2.45) is 0 Å². The van der Waals surface area contributed by atoms with Crippen molar-refractivity contribution in [3.8, 4) is 33.4 Å². The van der Waals surface area contributed by atoms with Crippen LogP contribution in [0.25, 0.3) is 55.2 Å². The fraction of sp³-hybridized carbons (Fsp3) is 0.176. The van der Waals surface area contributed by atoms with Crippen LogP contribution in [0.15, 0.2) is 158 Å². The van der Waals surface area contributed by atoms with E-state index in [9.17, 15) is 0 Å². The largest absolute Gasteiger partial charge is 0.310 e. The van der Waals surface area contributed by atoms with E-state index >= 15 is 0 Å². The lowest BCUT2D eigenvalue weighted by Gasteiger charge is -2.28. The molecule has 4 heteroatoms. The number of nitrogens with zero attached hydrogens (tertiary/aromatic N) is 2. The van der Waals surface area contributed by atoms with Gasteiger partial charge in [0.2, 0.25) is 0 Å². The van der Waals surface area contributed by atoms with Crippen molar-refractivity contribution in [1.82, 2.24) is 20.3 Å². The van der Waals surface area contributed by atoms with Gasteiger partial charge >= 0.3 is 0 Å². The highest BCUT2D eigenvalue weighted by molar-refractivity contribution is 6.12. The molecule has 268 valence electrons. The molecule has 4 nitrogen and oxygen atoms in total. The molecule has 3 unspecified atom stereocenters. The van der Waals surface area contributed by atoms with Crippen LogP contribution in [0.1, 0.15) is 73.5 Å². The fourth-order valence-electron chi connectivity index (χ4n) is 10.0. The van der Waals surface area contributed by atoms with Crippen LogP contribution in [-0.4, -0.2) is 9.58 Å². The van der Waals surface area contributed by atoms with E-state index in [4.69, 9.17) is 0 Å². The van der Waals surface area contributed by atoms with E-state index in [1.165, 1.54) is 88.6 Å². The number of hydrogen-bond donors (Lipinski definition) is 2. The summed E-state index contributed by atoms with van der Waals surface area (Å²) in [5.41, 5.74) is 22.1. The molecule has 1 aliphatic heterocycles. The normalized spacial score (nSPS) is 18.8. The van der Waals surface area contributed by atoms with Gasteiger partial charge < -0.3 is 4.57 Å². The van der Waals surface area contributed by atoms with Crippen molar-refractivity contribution in [2.45, 2.75) is 57.5 Å². The molecule has 7 aromatic carbocycles. The Labute approximate surface area is 323 Å². The predicted molar refractivity (Wildman–Crippen MR) is 226 cm³/mol. The molecule has 8 aromatic rings. The molecule has 3 atom stereocenters. The van der Waals surface area contributed by atoms with Gasteiger partial charge in [0.15, 0.2) is 6.29 Å². The summed E-state index contributed by atoms with van der Waals surface area (Å²) in [6.45, 7) is 10.2. The maximum atomic E-state index is 4.13. The molecule has 2 N–H and O–H groups in total. The number of fused-ring (bicyclic) bond motifs is 10. The lowest BCUT2D eigenvalue weighted by atomic mass is 9.81. The lowest BCUT2D eigenvalue weighted by molar-refractivity contribution is 0.219. The SMILES string of the molecule is CC1(C)c2ccccc2-c2ccc(CNC(N3NC3c3ccc(-c4ccccc4)cc3)n3c4ccccc4c4ccc5c(c43)C(C)(C)c3ccccc3-5)cc21. The zero-order valence-corrected chi connectivity index (χ0v) is 31.8. The number of benzene rings is 7. The lowest BCUT2D eigenvalue weighted by Crippen LogP contribution is -2.34. The highest BCUT2D eigenvalue weighted by atomic mass is 15.8. The van der Waals surface area contributed by atoms with Crippen molar-refractivity contribution in [3.63, 3.8) is 0 Å². The first-order chi connectivity index (χ1) is 26.8. The second-order valence-electron chi connectivity index (χ2n) is 16.7. The molecule has 1 saturated heterocycles. The minimum atomic E-state index is -0.175. The van der Waals surface area contributed by atoms with E-state index in [-0.39, 0.29) is 23.3 Å². The van der Waals surface area contributed by atoms with Gasteiger partial charge in [0.1, 0.15) is 6.17 Å². The molecule has 1 fully saturated rings. The summed E-state index contributed by atoms with van der Waals surface area (Å²) >= 11 is 0. The minimum absolute atomic E-state index is 0.0477. The summed E-state index contributed by atoms with van der Waals surface area (Å²) in [5.74, 6) is 0. The van der Waals surface area contributed by atoms with Gasteiger partial charge in [-0.15, -0.1) is 0 Å². The van der Waals surface area contributed by atoms with Crippen LogP contribution >= 0.6 is 0 Å². The Balaban J connectivity index is 1.04. The molecule has 11 rings (SSSR count). The van der Waals surface area contributed by atoms with Crippen molar-refractivity contribution < 1.29 is 0 Å². The van der Waals surface area contributed by atoms with Crippen molar-refractivity contribution >= 4 is 21.8 Å². The zero-order valence-electron chi connectivity index (χ0n) is 31.8. The molecule has 0 radical (unpaired) electrons. The maximum Gasteiger partial charge on any atom is 0.156 e. The third-order valence-electron chi connectivity index (χ3n) is 12.8. The molecule has 2 heterocycles. The monoisotopic (exact) mass is 712 g/mol. The predicted octanol–water partition coefficient (Wildman–Crippen LogP) is 11.8. The van der Waals surface area contributed by atoms with Gasteiger partial charge in [0.05, 0.1) is 11.0 Å². The number of para-hydroxylation sites is 1. The molecular weight excluding hydrogens is 669 g/mol. The molecule has 55 heavy (non-hydrogen) atoms. The molecule has 0 saturated carbocycles. The van der Waals surface area contributed by atoms with E-state index < -0.39 is 0 Å². The van der Waals surface area contributed by atoms with Crippen LogP contribution in [0.3, 0.4) is 0 Å². The molecule has 2 aliphatic carbocycles. The summed E-state index contributed by atoms with van der Waals surface area (Å²) < 4.78 is 2.59. The second-order valence-corrected chi connectivity index (χ2v) is 16.7. The Kier molecular flexibility index (Phi) is 7.04. The van der Waals surface area contributed by atoms with Crippen molar-refractivity contribution in [1.29, 1.82) is 0 Å². The number of rotatable bonds is 7. The van der Waals surface area contributed by atoms with Gasteiger partial charge in [0.25, 0.3) is 0 Å². The smallest absolute Gasteiger partial charge is 0.156 e. The van der Waals surface area contributed by atoms with Gasteiger partial charge in [-0.3, -0.25) is 5.32 Å². The van der Waals surface area contributed by atoms with Gasteiger partial charge in [-0.2, -0.15) is 5.01 Å². The Morgan fingerprint density at radius 1 is 0.564 bits per heavy atom. The molecular formula is C51H44N4. The fourth-order valence-corrected chi connectivity index (χ4v) is 10.0. The first-order valence-electron chi connectivity index (χ1n) is 19.6. The van der Waals surface area contributed by atoms with Gasteiger partial charge in [0, 0.05) is 28.1 Å². The van der Waals surface area contributed by atoms with Crippen LogP contribution in [0, 0.1) is 0 Å². The first kappa shape index (κ1) is 32.6.